The molecule has 300 valence electrons. The van der Waals surface area contributed by atoms with Crippen LogP contribution in [0.15, 0.2) is 247 Å². The third kappa shape index (κ3) is 5.34. The lowest BCUT2D eigenvalue weighted by atomic mass is 9.73. The van der Waals surface area contributed by atoms with Crippen molar-refractivity contribution in [3.8, 4) is 33.4 Å². The van der Waals surface area contributed by atoms with Crippen molar-refractivity contribution in [1.29, 1.82) is 0 Å². The molecular weight excluding hydrogens is 777 g/mol. The highest BCUT2D eigenvalue weighted by Gasteiger charge is 2.55. The molecule has 0 saturated heterocycles. The van der Waals surface area contributed by atoms with E-state index >= 15 is 0 Å². The first kappa shape index (κ1) is 36.3. The first-order chi connectivity index (χ1) is 31.8. The van der Waals surface area contributed by atoms with E-state index in [-0.39, 0.29) is 0 Å². The van der Waals surface area contributed by atoms with Gasteiger partial charge in [0.2, 0.25) is 0 Å². The highest BCUT2D eigenvalue weighted by Crippen LogP contribution is 2.65. The van der Waals surface area contributed by atoms with Gasteiger partial charge in [0.05, 0.1) is 5.69 Å². The Morgan fingerprint density at radius 3 is 1.67 bits per heavy atom. The van der Waals surface area contributed by atoms with Gasteiger partial charge in [0.1, 0.15) is 16.8 Å². The maximum absolute atomic E-state index is 7.27. The topological polar surface area (TPSA) is 19.6 Å². The Morgan fingerprint density at radius 1 is 0.328 bits per heavy atom. The summed E-state index contributed by atoms with van der Waals surface area (Å²) < 4.78 is 7.27. The molecule has 3 nitrogen and oxygen atoms in total. The second-order valence-corrected chi connectivity index (χ2v) is 16.8. The number of hydrogen-bond donors (Lipinski definition) is 0. The molecule has 0 aliphatic heterocycles. The van der Waals surface area contributed by atoms with E-state index in [4.69, 9.17) is 4.42 Å². The molecule has 0 bridgehead atoms. The van der Waals surface area contributed by atoms with E-state index in [1.807, 2.05) is 0 Å². The average molecular weight is 817 g/mol. The van der Waals surface area contributed by atoms with Crippen LogP contribution < -0.4 is 9.80 Å². The summed E-state index contributed by atoms with van der Waals surface area (Å²) in [5.74, 6) is 0.971. The van der Waals surface area contributed by atoms with Gasteiger partial charge in [-0.15, -0.1) is 0 Å². The van der Waals surface area contributed by atoms with Gasteiger partial charge < -0.3 is 14.2 Å². The molecule has 0 radical (unpaired) electrons. The Kier molecular flexibility index (Phi) is 8.13. The SMILES string of the molecule is c1ccc(-c2ccc(N(c3ccccc3)c3ccc4c(c3)-c3c(oc5ccccc35)C43c4ccccc4-c4ccc(N(c5ccccc5)c5cccc6ccccc56)cc43)cc2)cc1. The minimum Gasteiger partial charge on any atom is -0.459 e. The molecule has 0 fully saturated rings. The molecular formula is C61H40N2O. The lowest BCUT2D eigenvalue weighted by molar-refractivity contribution is 0.507. The number of hydrogen-bond acceptors (Lipinski definition) is 3. The van der Waals surface area contributed by atoms with Crippen molar-refractivity contribution < 1.29 is 4.42 Å². The maximum Gasteiger partial charge on any atom is 0.135 e. The third-order valence-electron chi connectivity index (χ3n) is 13.4. The van der Waals surface area contributed by atoms with Crippen molar-refractivity contribution in [3.63, 3.8) is 0 Å². The van der Waals surface area contributed by atoms with Crippen molar-refractivity contribution in [2.75, 3.05) is 9.80 Å². The molecule has 0 saturated carbocycles. The molecule has 1 heterocycles. The molecule has 2 aliphatic rings. The standard InChI is InChI=1S/C61H40N2O/c1-4-17-41(18-5-1)42-31-33-46(34-32-42)62(44-21-6-2-7-22-44)47-36-38-55-53(39-47)59-52-27-13-15-30-58(52)64-60(59)61(55)54-28-14-12-26-50(54)51-37-35-48(40-56(51)61)63(45-23-8-3-9-24-45)57-29-16-20-43-19-10-11-25-49(43)57/h1-40H. The fourth-order valence-electron chi connectivity index (χ4n) is 10.7. The van der Waals surface area contributed by atoms with E-state index in [2.05, 4.69) is 252 Å². The summed E-state index contributed by atoms with van der Waals surface area (Å²) in [4.78, 5) is 4.79. The lowest BCUT2D eigenvalue weighted by Crippen LogP contribution is -2.26. The minimum atomic E-state index is -0.708. The van der Waals surface area contributed by atoms with Crippen LogP contribution in [0.4, 0.5) is 34.1 Å². The number of rotatable bonds is 7. The van der Waals surface area contributed by atoms with Gasteiger partial charge in [-0.05, 0) is 123 Å². The van der Waals surface area contributed by atoms with E-state index in [1.165, 1.54) is 55.3 Å². The van der Waals surface area contributed by atoms with E-state index in [0.717, 1.165) is 56.4 Å². The number of furan rings is 1. The van der Waals surface area contributed by atoms with Crippen LogP contribution in [0, 0.1) is 0 Å². The highest BCUT2D eigenvalue weighted by atomic mass is 16.3. The zero-order valence-corrected chi connectivity index (χ0v) is 34.9. The highest BCUT2D eigenvalue weighted by molar-refractivity contribution is 6.06. The van der Waals surface area contributed by atoms with Gasteiger partial charge in [-0.3, -0.25) is 0 Å². The quantitative estimate of drug-likeness (QED) is 0.160. The van der Waals surface area contributed by atoms with E-state index in [0.29, 0.717) is 0 Å². The zero-order valence-electron chi connectivity index (χ0n) is 34.9. The molecule has 11 aromatic rings. The van der Waals surface area contributed by atoms with Crippen LogP contribution >= 0.6 is 0 Å². The van der Waals surface area contributed by atoms with E-state index < -0.39 is 5.41 Å². The van der Waals surface area contributed by atoms with Gasteiger partial charge >= 0.3 is 0 Å². The van der Waals surface area contributed by atoms with Gasteiger partial charge in [0.25, 0.3) is 0 Å². The largest absolute Gasteiger partial charge is 0.459 e. The number of fused-ring (bicyclic) bond motifs is 13. The Labute approximate surface area is 372 Å². The Hall–Kier alpha value is -8.40. The summed E-state index contributed by atoms with van der Waals surface area (Å²) in [6.07, 6.45) is 0. The molecule has 0 N–H and O–H groups in total. The van der Waals surface area contributed by atoms with Crippen molar-refractivity contribution in [1.82, 2.24) is 0 Å². The summed E-state index contributed by atoms with van der Waals surface area (Å²) in [5.41, 5.74) is 17.6. The smallest absolute Gasteiger partial charge is 0.135 e. The van der Waals surface area contributed by atoms with Gasteiger partial charge in [0.15, 0.2) is 0 Å². The predicted octanol–water partition coefficient (Wildman–Crippen LogP) is 16.5. The zero-order chi connectivity index (χ0) is 42.2. The van der Waals surface area contributed by atoms with Gasteiger partial charge in [-0.2, -0.15) is 0 Å². The lowest BCUT2D eigenvalue weighted by Gasteiger charge is -2.31. The van der Waals surface area contributed by atoms with Crippen LogP contribution in [0.5, 0.6) is 0 Å². The minimum absolute atomic E-state index is 0.708. The third-order valence-corrected chi connectivity index (χ3v) is 13.4. The maximum atomic E-state index is 7.27. The van der Waals surface area contributed by atoms with Crippen LogP contribution in [-0.4, -0.2) is 0 Å². The fourth-order valence-corrected chi connectivity index (χ4v) is 10.7. The molecule has 2 aliphatic carbocycles. The van der Waals surface area contributed by atoms with Crippen LogP contribution in [0.1, 0.15) is 22.5 Å². The second kappa shape index (κ2) is 14.3. The molecule has 1 aromatic heterocycles. The number of nitrogens with zero attached hydrogens (tertiary/aromatic N) is 2. The Balaban J connectivity index is 1.05. The molecule has 10 aromatic carbocycles. The molecule has 1 atom stereocenters. The van der Waals surface area contributed by atoms with Gasteiger partial charge in [-0.1, -0.05) is 170 Å². The molecule has 1 unspecified atom stereocenters. The molecule has 3 heteroatoms. The fraction of sp³-hybridized carbons (Fsp3) is 0.0164. The van der Waals surface area contributed by atoms with Crippen LogP contribution in [0.3, 0.4) is 0 Å². The summed E-state index contributed by atoms with van der Waals surface area (Å²) in [5, 5.41) is 3.52. The predicted molar refractivity (Wildman–Crippen MR) is 265 cm³/mol. The summed E-state index contributed by atoms with van der Waals surface area (Å²) in [7, 11) is 0. The van der Waals surface area contributed by atoms with Crippen molar-refractivity contribution in [2.24, 2.45) is 0 Å². The van der Waals surface area contributed by atoms with Gasteiger partial charge in [0, 0.05) is 44.8 Å². The van der Waals surface area contributed by atoms with Crippen molar-refractivity contribution in [2.45, 2.75) is 5.41 Å². The van der Waals surface area contributed by atoms with Gasteiger partial charge in [-0.25, -0.2) is 0 Å². The normalized spacial score (nSPS) is 14.3. The van der Waals surface area contributed by atoms with Crippen molar-refractivity contribution in [3.05, 3.63) is 265 Å². The molecule has 13 rings (SSSR count). The summed E-state index contributed by atoms with van der Waals surface area (Å²) >= 11 is 0. The number of anilines is 6. The summed E-state index contributed by atoms with van der Waals surface area (Å²) in [6, 6.07) is 87.9. The van der Waals surface area contributed by atoms with E-state index in [1.54, 1.807) is 0 Å². The Bertz CT molecular complexity index is 3550. The average Bonchev–Trinajstić information content (AvgIpc) is 3.99. The van der Waals surface area contributed by atoms with Crippen molar-refractivity contribution >= 4 is 55.9 Å². The monoisotopic (exact) mass is 816 g/mol. The molecule has 0 amide bonds. The van der Waals surface area contributed by atoms with Crippen LogP contribution in [0.2, 0.25) is 0 Å². The number of benzene rings is 10. The van der Waals surface area contributed by atoms with E-state index in [9.17, 15) is 0 Å². The second-order valence-electron chi connectivity index (χ2n) is 16.8. The molecule has 64 heavy (non-hydrogen) atoms. The Morgan fingerprint density at radius 2 is 0.875 bits per heavy atom. The van der Waals surface area contributed by atoms with Crippen LogP contribution in [0.25, 0.3) is 55.1 Å². The summed E-state index contributed by atoms with van der Waals surface area (Å²) in [6.45, 7) is 0. The number of para-hydroxylation sites is 3. The first-order valence-electron chi connectivity index (χ1n) is 22.0. The first-order valence-corrected chi connectivity index (χ1v) is 22.0. The van der Waals surface area contributed by atoms with Crippen LogP contribution in [-0.2, 0) is 5.41 Å². The molecule has 1 spiro atoms.